The molecule has 22 heavy (non-hydrogen) atoms. The number of hydrogen-bond acceptors (Lipinski definition) is 6. The highest BCUT2D eigenvalue weighted by Gasteiger charge is 2.09. The van der Waals surface area contributed by atoms with Crippen molar-refractivity contribution < 1.29 is 0 Å². The van der Waals surface area contributed by atoms with Crippen molar-refractivity contribution >= 4 is 11.3 Å². The largest absolute Gasteiger partial charge is 0.360 e. The molecular weight excluding hydrogens is 280 g/mol. The molecule has 0 atom stereocenters. The number of allylic oxidation sites excluding steroid dienone is 1. The number of rotatable bonds is 4. The zero-order chi connectivity index (χ0) is 15.4. The van der Waals surface area contributed by atoms with Gasteiger partial charge in [-0.25, -0.2) is 0 Å². The highest BCUT2D eigenvalue weighted by Crippen LogP contribution is 2.27. The molecule has 8 heteroatoms. The van der Waals surface area contributed by atoms with E-state index >= 15 is 0 Å². The van der Waals surface area contributed by atoms with E-state index in [4.69, 9.17) is 5.26 Å². The van der Waals surface area contributed by atoms with Gasteiger partial charge in [0.25, 0.3) is 0 Å². The number of anilines is 1. The predicted octanol–water partition coefficient (Wildman–Crippen LogP) is 1.87. The standard InChI is InChI=1S/C14H12N8/c1-9-6-13(18-17-9)11-4-2-3-5-12(11)16-8-10(7-15)14-19-21-22-20-14/h2-6,8,16H,1H3,(H,17,18)(H,19,20,21,22). The number of nitrogens with zero attached hydrogens (tertiary/aromatic N) is 5. The number of nitrogens with one attached hydrogen (secondary N) is 3. The third-order valence-corrected chi connectivity index (χ3v) is 2.99. The van der Waals surface area contributed by atoms with E-state index in [0.717, 1.165) is 22.6 Å². The van der Waals surface area contributed by atoms with Crippen LogP contribution in [0.3, 0.4) is 0 Å². The fourth-order valence-corrected chi connectivity index (χ4v) is 1.96. The average molecular weight is 292 g/mol. The first kappa shape index (κ1) is 13.5. The lowest BCUT2D eigenvalue weighted by atomic mass is 10.1. The first-order valence-electron chi connectivity index (χ1n) is 6.50. The molecule has 0 saturated heterocycles. The van der Waals surface area contributed by atoms with Crippen molar-refractivity contribution in [2.75, 3.05) is 5.32 Å². The predicted molar refractivity (Wildman–Crippen MR) is 80.2 cm³/mol. The molecule has 3 rings (SSSR count). The number of nitriles is 1. The normalized spacial score (nSPS) is 11.2. The summed E-state index contributed by atoms with van der Waals surface area (Å²) in [5.74, 6) is 0.239. The van der Waals surface area contributed by atoms with Crippen molar-refractivity contribution in [2.45, 2.75) is 6.92 Å². The van der Waals surface area contributed by atoms with Crippen LogP contribution in [0, 0.1) is 18.3 Å². The van der Waals surface area contributed by atoms with Crippen LogP contribution in [0.15, 0.2) is 36.5 Å². The Morgan fingerprint density at radius 2 is 2.18 bits per heavy atom. The third kappa shape index (κ3) is 2.69. The summed E-state index contributed by atoms with van der Waals surface area (Å²) in [6.07, 6.45) is 1.54. The molecule has 0 bridgehead atoms. The SMILES string of the molecule is Cc1cc(-c2ccccc2NC=C(C#N)c2nn[nH]n2)n[nH]1. The molecule has 108 valence electrons. The lowest BCUT2D eigenvalue weighted by Gasteiger charge is -2.07. The van der Waals surface area contributed by atoms with Gasteiger partial charge in [-0.1, -0.05) is 18.2 Å². The third-order valence-electron chi connectivity index (χ3n) is 2.99. The first-order chi connectivity index (χ1) is 10.8. The van der Waals surface area contributed by atoms with E-state index in [1.165, 1.54) is 0 Å². The Bertz CT molecular complexity index is 838. The summed E-state index contributed by atoms with van der Waals surface area (Å²) in [7, 11) is 0. The van der Waals surface area contributed by atoms with Gasteiger partial charge in [0.2, 0.25) is 5.82 Å². The molecule has 0 spiro atoms. The second kappa shape index (κ2) is 5.88. The van der Waals surface area contributed by atoms with Crippen molar-refractivity contribution in [2.24, 2.45) is 0 Å². The maximum absolute atomic E-state index is 9.17. The summed E-state index contributed by atoms with van der Waals surface area (Å²) < 4.78 is 0. The number of hydrogen-bond donors (Lipinski definition) is 3. The molecular formula is C14H12N8. The van der Waals surface area contributed by atoms with Crippen LogP contribution in [-0.2, 0) is 0 Å². The lowest BCUT2D eigenvalue weighted by molar-refractivity contribution is 0.881. The minimum atomic E-state index is 0.239. The van der Waals surface area contributed by atoms with Gasteiger partial charge in [-0.05, 0) is 24.3 Å². The van der Waals surface area contributed by atoms with Crippen molar-refractivity contribution in [1.82, 2.24) is 30.8 Å². The molecule has 0 amide bonds. The molecule has 0 unspecified atom stereocenters. The van der Waals surface area contributed by atoms with Crippen molar-refractivity contribution in [3.8, 4) is 17.3 Å². The van der Waals surface area contributed by atoms with Gasteiger partial charge in [-0.2, -0.15) is 15.6 Å². The fraction of sp³-hybridized carbons (Fsp3) is 0.0714. The van der Waals surface area contributed by atoms with Gasteiger partial charge >= 0.3 is 0 Å². The minimum Gasteiger partial charge on any atom is -0.360 e. The number of tetrazole rings is 1. The smallest absolute Gasteiger partial charge is 0.216 e. The molecule has 3 N–H and O–H groups in total. The Labute approximate surface area is 125 Å². The molecule has 1 aromatic carbocycles. The topological polar surface area (TPSA) is 119 Å². The molecule has 3 aromatic rings. The Morgan fingerprint density at radius 1 is 1.32 bits per heavy atom. The summed E-state index contributed by atoms with van der Waals surface area (Å²) in [5.41, 5.74) is 3.83. The van der Waals surface area contributed by atoms with Gasteiger partial charge in [-0.15, -0.1) is 10.2 Å². The fourth-order valence-electron chi connectivity index (χ4n) is 1.96. The average Bonchev–Trinajstić information content (AvgIpc) is 3.20. The van der Waals surface area contributed by atoms with Crippen LogP contribution in [0.4, 0.5) is 5.69 Å². The van der Waals surface area contributed by atoms with Crippen molar-refractivity contribution in [3.05, 3.63) is 48.1 Å². The summed E-state index contributed by atoms with van der Waals surface area (Å²) >= 11 is 0. The molecule has 0 aliphatic heterocycles. The molecule has 2 aromatic heterocycles. The second-order valence-electron chi connectivity index (χ2n) is 4.53. The molecule has 0 aliphatic carbocycles. The van der Waals surface area contributed by atoms with Gasteiger partial charge in [0, 0.05) is 23.1 Å². The number of benzene rings is 1. The Balaban J connectivity index is 1.92. The van der Waals surface area contributed by atoms with Gasteiger partial charge in [0.1, 0.15) is 11.6 Å². The molecule has 0 radical (unpaired) electrons. The Morgan fingerprint density at radius 3 is 2.86 bits per heavy atom. The summed E-state index contributed by atoms with van der Waals surface area (Å²) in [5, 5.41) is 32.8. The van der Waals surface area contributed by atoms with Crippen LogP contribution in [0.5, 0.6) is 0 Å². The number of H-pyrrole nitrogens is 2. The molecule has 0 fully saturated rings. The van der Waals surface area contributed by atoms with E-state index in [0.29, 0.717) is 0 Å². The van der Waals surface area contributed by atoms with Gasteiger partial charge in [0.15, 0.2) is 0 Å². The van der Waals surface area contributed by atoms with E-state index in [1.807, 2.05) is 43.3 Å². The maximum atomic E-state index is 9.17. The van der Waals surface area contributed by atoms with Crippen molar-refractivity contribution in [3.63, 3.8) is 0 Å². The molecule has 2 heterocycles. The van der Waals surface area contributed by atoms with Gasteiger partial charge < -0.3 is 5.32 Å². The highest BCUT2D eigenvalue weighted by atomic mass is 15.5. The van der Waals surface area contributed by atoms with Crippen LogP contribution in [0.2, 0.25) is 0 Å². The van der Waals surface area contributed by atoms with E-state index in [9.17, 15) is 0 Å². The Hall–Kier alpha value is -3.47. The van der Waals surface area contributed by atoms with Crippen LogP contribution in [-0.4, -0.2) is 30.8 Å². The van der Waals surface area contributed by atoms with E-state index in [2.05, 4.69) is 36.1 Å². The van der Waals surface area contributed by atoms with E-state index in [-0.39, 0.29) is 11.4 Å². The molecule has 0 saturated carbocycles. The lowest BCUT2D eigenvalue weighted by Crippen LogP contribution is -1.95. The van der Waals surface area contributed by atoms with Gasteiger partial charge in [0.05, 0.1) is 5.69 Å². The molecule has 0 aliphatic rings. The quantitative estimate of drug-likeness (QED) is 0.632. The van der Waals surface area contributed by atoms with Gasteiger partial charge in [-0.3, -0.25) is 5.10 Å². The number of aromatic nitrogens is 6. The monoisotopic (exact) mass is 292 g/mol. The summed E-state index contributed by atoms with van der Waals surface area (Å²) in [4.78, 5) is 0. The second-order valence-corrected chi connectivity index (χ2v) is 4.53. The summed E-state index contributed by atoms with van der Waals surface area (Å²) in [6, 6.07) is 11.7. The van der Waals surface area contributed by atoms with Crippen molar-refractivity contribution in [1.29, 1.82) is 5.26 Å². The zero-order valence-electron chi connectivity index (χ0n) is 11.7. The Kier molecular flexibility index (Phi) is 3.61. The van der Waals surface area contributed by atoms with Crippen LogP contribution < -0.4 is 5.32 Å². The maximum Gasteiger partial charge on any atom is 0.216 e. The van der Waals surface area contributed by atoms with Crippen LogP contribution >= 0.6 is 0 Å². The number of aryl methyl sites for hydroxylation is 1. The van der Waals surface area contributed by atoms with Crippen LogP contribution in [0.1, 0.15) is 11.5 Å². The number of para-hydroxylation sites is 1. The zero-order valence-corrected chi connectivity index (χ0v) is 11.7. The minimum absolute atomic E-state index is 0.239. The first-order valence-corrected chi connectivity index (χ1v) is 6.50. The highest BCUT2D eigenvalue weighted by molar-refractivity contribution is 5.79. The van der Waals surface area contributed by atoms with Crippen LogP contribution in [0.25, 0.3) is 16.8 Å². The van der Waals surface area contributed by atoms with E-state index < -0.39 is 0 Å². The number of aromatic amines is 2. The summed E-state index contributed by atoms with van der Waals surface area (Å²) in [6.45, 7) is 1.94. The molecule has 8 nitrogen and oxygen atoms in total. The van der Waals surface area contributed by atoms with E-state index in [1.54, 1.807) is 6.20 Å².